The third-order valence-electron chi connectivity index (χ3n) is 4.34. The molecule has 7 nitrogen and oxygen atoms in total. The van der Waals surface area contributed by atoms with Gasteiger partial charge in [-0.2, -0.15) is 0 Å². The zero-order chi connectivity index (χ0) is 16.3. The Bertz CT molecular complexity index is 544. The minimum atomic E-state index is -1.85. The molecule has 0 spiro atoms. The molecule has 1 aliphatic rings. The van der Waals surface area contributed by atoms with Crippen molar-refractivity contribution in [2.75, 3.05) is 0 Å². The molecule has 0 bridgehead atoms. The van der Waals surface area contributed by atoms with Crippen LogP contribution in [0.5, 0.6) is 0 Å². The van der Waals surface area contributed by atoms with Crippen LogP contribution in [-0.4, -0.2) is 31.8 Å². The molecule has 2 rings (SSSR count). The van der Waals surface area contributed by atoms with Crippen LogP contribution in [0.15, 0.2) is 24.3 Å². The number of aliphatic hydroxyl groups excluding tert-OH is 2. The number of hydrogen-bond acceptors (Lipinski definition) is 5. The number of aliphatic hydroxyl groups is 2. The minimum absolute atomic E-state index is 0.00334. The molecule has 22 heavy (non-hydrogen) atoms. The Morgan fingerprint density at radius 3 is 2.14 bits per heavy atom. The van der Waals surface area contributed by atoms with Gasteiger partial charge in [-0.05, 0) is 24.0 Å². The average molecular weight is 309 g/mol. The van der Waals surface area contributed by atoms with Crippen LogP contribution in [0.4, 0.5) is 0 Å². The molecule has 0 amide bonds. The highest BCUT2D eigenvalue weighted by atomic mass is 16.6. The van der Waals surface area contributed by atoms with Crippen LogP contribution in [0.1, 0.15) is 55.4 Å². The number of carboxylic acids is 1. The van der Waals surface area contributed by atoms with E-state index in [1.54, 1.807) is 24.3 Å². The summed E-state index contributed by atoms with van der Waals surface area (Å²) in [6.45, 7) is 0. The summed E-state index contributed by atoms with van der Waals surface area (Å²) in [5.74, 6) is -0.905. The minimum Gasteiger partial charge on any atom is -0.481 e. The second-order valence-corrected chi connectivity index (χ2v) is 5.64. The highest BCUT2D eigenvalue weighted by molar-refractivity contribution is 5.66. The Morgan fingerprint density at radius 1 is 1.14 bits per heavy atom. The number of benzene rings is 1. The van der Waals surface area contributed by atoms with E-state index >= 15 is 0 Å². The van der Waals surface area contributed by atoms with E-state index in [2.05, 4.69) is 0 Å². The quantitative estimate of drug-likeness (QED) is 0.401. The fourth-order valence-corrected chi connectivity index (χ4v) is 3.12. The average Bonchev–Trinajstić information content (AvgIpc) is 2.69. The lowest BCUT2D eigenvalue weighted by Crippen LogP contribution is -2.45. The first kappa shape index (κ1) is 16.4. The molecule has 1 aromatic rings. The molecule has 0 saturated heterocycles. The van der Waals surface area contributed by atoms with Crippen LogP contribution < -0.4 is 0 Å². The fraction of sp³-hybridized carbons (Fsp3) is 0.533. The molecule has 0 fully saturated rings. The SMILES string of the molecule is O=C(O)CCCCCC1([N+](=O)[O-])C(O)c2ccccc2C1O. The molecule has 0 saturated carbocycles. The lowest BCUT2D eigenvalue weighted by atomic mass is 9.85. The van der Waals surface area contributed by atoms with Crippen molar-refractivity contribution in [3.8, 4) is 0 Å². The maximum absolute atomic E-state index is 11.6. The van der Waals surface area contributed by atoms with Crippen molar-refractivity contribution >= 4 is 5.97 Å². The summed E-state index contributed by atoms with van der Waals surface area (Å²) in [5, 5.41) is 40.9. The fourth-order valence-electron chi connectivity index (χ4n) is 3.12. The Labute approximate surface area is 127 Å². The lowest BCUT2D eigenvalue weighted by molar-refractivity contribution is -0.598. The molecule has 2 unspecified atom stereocenters. The standard InChI is InChI=1S/C15H19NO6/c17-12(18)8-2-1-5-9-15(16(21)22)13(19)10-6-3-4-7-11(10)14(15)20/h3-4,6-7,13-14,19-20H,1-2,5,8-9H2,(H,17,18). The number of unbranched alkanes of at least 4 members (excludes halogenated alkanes) is 2. The van der Waals surface area contributed by atoms with E-state index in [0.717, 1.165) is 0 Å². The topological polar surface area (TPSA) is 121 Å². The van der Waals surface area contributed by atoms with Crippen molar-refractivity contribution < 1.29 is 25.0 Å². The van der Waals surface area contributed by atoms with Gasteiger partial charge in [-0.15, -0.1) is 0 Å². The third kappa shape index (κ3) is 2.69. The highest BCUT2D eigenvalue weighted by Gasteiger charge is 2.62. The summed E-state index contributed by atoms with van der Waals surface area (Å²) in [6.07, 6.45) is -1.44. The maximum atomic E-state index is 11.6. The summed E-state index contributed by atoms with van der Waals surface area (Å²) in [7, 11) is 0. The Kier molecular flexibility index (Phi) is 4.77. The van der Waals surface area contributed by atoms with Gasteiger partial charge in [0.15, 0.2) is 12.2 Å². The molecule has 0 radical (unpaired) electrons. The molecular formula is C15H19NO6. The number of nitro groups is 1. The van der Waals surface area contributed by atoms with Gasteiger partial charge in [0.1, 0.15) is 0 Å². The van der Waals surface area contributed by atoms with Gasteiger partial charge in [0.05, 0.1) is 0 Å². The van der Waals surface area contributed by atoms with E-state index in [0.29, 0.717) is 30.4 Å². The van der Waals surface area contributed by atoms with Crippen LogP contribution in [-0.2, 0) is 4.79 Å². The van der Waals surface area contributed by atoms with Crippen LogP contribution in [0.2, 0.25) is 0 Å². The van der Waals surface area contributed by atoms with E-state index in [1.165, 1.54) is 0 Å². The zero-order valence-corrected chi connectivity index (χ0v) is 12.0. The number of aliphatic carboxylic acids is 1. The molecular weight excluding hydrogens is 290 g/mol. The van der Waals surface area contributed by atoms with Gasteiger partial charge < -0.3 is 15.3 Å². The molecule has 1 aliphatic carbocycles. The molecule has 7 heteroatoms. The van der Waals surface area contributed by atoms with E-state index in [9.17, 15) is 25.1 Å². The molecule has 1 aromatic carbocycles. The molecule has 2 atom stereocenters. The Morgan fingerprint density at radius 2 is 1.68 bits per heavy atom. The van der Waals surface area contributed by atoms with Crippen LogP contribution in [0, 0.1) is 10.1 Å². The maximum Gasteiger partial charge on any atom is 0.303 e. The van der Waals surface area contributed by atoms with E-state index in [-0.39, 0.29) is 12.8 Å². The van der Waals surface area contributed by atoms with Crippen molar-refractivity contribution in [2.45, 2.75) is 49.9 Å². The van der Waals surface area contributed by atoms with Crippen molar-refractivity contribution in [1.82, 2.24) is 0 Å². The first-order chi connectivity index (χ1) is 10.4. The predicted octanol–water partition coefficient (Wildman–Crippen LogP) is 1.82. The zero-order valence-electron chi connectivity index (χ0n) is 12.0. The number of carbonyl (C=O) groups is 1. The van der Waals surface area contributed by atoms with Crippen LogP contribution >= 0.6 is 0 Å². The summed E-state index contributed by atoms with van der Waals surface area (Å²) < 4.78 is 0. The van der Waals surface area contributed by atoms with Crippen LogP contribution in [0.3, 0.4) is 0 Å². The number of carboxylic acid groups (broad SMARTS) is 1. The van der Waals surface area contributed by atoms with Crippen molar-refractivity contribution in [2.24, 2.45) is 0 Å². The lowest BCUT2D eigenvalue weighted by Gasteiger charge is -2.27. The van der Waals surface area contributed by atoms with Crippen molar-refractivity contribution in [3.05, 3.63) is 45.5 Å². The molecule has 0 aliphatic heterocycles. The van der Waals surface area contributed by atoms with Gasteiger partial charge >= 0.3 is 5.97 Å². The van der Waals surface area contributed by atoms with Gasteiger partial charge in [0, 0.05) is 17.8 Å². The number of fused-ring (bicyclic) bond motifs is 1. The molecule has 3 N–H and O–H groups in total. The Hall–Kier alpha value is -1.99. The number of rotatable bonds is 7. The highest BCUT2D eigenvalue weighted by Crippen LogP contribution is 2.51. The molecule has 0 aromatic heterocycles. The van der Waals surface area contributed by atoms with Gasteiger partial charge in [-0.25, -0.2) is 0 Å². The second kappa shape index (κ2) is 6.41. The number of hydrogen-bond donors (Lipinski definition) is 3. The normalized spacial score (nSPS) is 26.6. The van der Waals surface area contributed by atoms with E-state index < -0.39 is 28.6 Å². The van der Waals surface area contributed by atoms with Crippen molar-refractivity contribution in [3.63, 3.8) is 0 Å². The predicted molar refractivity (Wildman–Crippen MR) is 76.8 cm³/mol. The van der Waals surface area contributed by atoms with Crippen molar-refractivity contribution in [1.29, 1.82) is 0 Å². The van der Waals surface area contributed by atoms with Gasteiger partial charge in [-0.1, -0.05) is 30.7 Å². The van der Waals surface area contributed by atoms with Gasteiger partial charge in [0.2, 0.25) is 0 Å². The largest absolute Gasteiger partial charge is 0.481 e. The summed E-state index contributed by atoms with van der Waals surface area (Å²) >= 11 is 0. The second-order valence-electron chi connectivity index (χ2n) is 5.64. The third-order valence-corrected chi connectivity index (χ3v) is 4.34. The van der Waals surface area contributed by atoms with E-state index in [1.807, 2.05) is 0 Å². The van der Waals surface area contributed by atoms with Gasteiger partial charge in [-0.3, -0.25) is 14.9 Å². The molecule has 0 heterocycles. The summed E-state index contributed by atoms with van der Waals surface area (Å²) in [5.41, 5.74) is -1.08. The summed E-state index contributed by atoms with van der Waals surface area (Å²) in [6, 6.07) is 6.49. The first-order valence-corrected chi connectivity index (χ1v) is 7.22. The van der Waals surface area contributed by atoms with E-state index in [4.69, 9.17) is 5.11 Å². The number of nitrogens with zero attached hydrogens (tertiary/aromatic N) is 1. The summed E-state index contributed by atoms with van der Waals surface area (Å²) in [4.78, 5) is 21.4. The molecule has 120 valence electrons. The Balaban J connectivity index is 2.13. The monoisotopic (exact) mass is 309 g/mol. The smallest absolute Gasteiger partial charge is 0.303 e. The van der Waals surface area contributed by atoms with Crippen LogP contribution in [0.25, 0.3) is 0 Å². The first-order valence-electron chi connectivity index (χ1n) is 7.22. The van der Waals surface area contributed by atoms with Gasteiger partial charge in [0.25, 0.3) is 5.54 Å².